The second kappa shape index (κ2) is 6.10. The Kier molecular flexibility index (Phi) is 4.00. The van der Waals surface area contributed by atoms with Gasteiger partial charge in [0.05, 0.1) is 11.0 Å². The molecule has 0 aliphatic rings. The van der Waals surface area contributed by atoms with Crippen LogP contribution in [0.3, 0.4) is 0 Å². The van der Waals surface area contributed by atoms with Crippen LogP contribution in [0.5, 0.6) is 0 Å². The van der Waals surface area contributed by atoms with Crippen LogP contribution in [0.15, 0.2) is 48.5 Å². The summed E-state index contributed by atoms with van der Waals surface area (Å²) in [4.78, 5) is 6.97. The van der Waals surface area contributed by atoms with E-state index in [1.165, 1.54) is 5.69 Å². The molecule has 0 aliphatic carbocycles. The number of para-hydroxylation sites is 2. The van der Waals surface area contributed by atoms with Crippen LogP contribution < -0.4 is 10.2 Å². The van der Waals surface area contributed by atoms with Crippen LogP contribution in [0.25, 0.3) is 11.0 Å². The summed E-state index contributed by atoms with van der Waals surface area (Å²) >= 11 is 0. The van der Waals surface area contributed by atoms with Crippen molar-refractivity contribution >= 4 is 28.4 Å². The van der Waals surface area contributed by atoms with Crippen molar-refractivity contribution in [3.63, 3.8) is 0 Å². The number of aromatic nitrogens is 2. The number of nitrogens with one attached hydrogen (secondary N) is 1. The first-order valence-electron chi connectivity index (χ1n) is 7.76. The number of fused-ring (bicyclic) bond motifs is 1. The molecule has 3 aromatic rings. The number of hydrogen-bond acceptors (Lipinski definition) is 3. The van der Waals surface area contributed by atoms with Gasteiger partial charge in [0, 0.05) is 31.5 Å². The predicted molar refractivity (Wildman–Crippen MR) is 94.0 cm³/mol. The van der Waals surface area contributed by atoms with Gasteiger partial charge in [-0.1, -0.05) is 12.1 Å². The average Bonchev–Trinajstić information content (AvgIpc) is 2.87. The molecule has 4 nitrogen and oxygen atoms in total. The van der Waals surface area contributed by atoms with E-state index in [0.29, 0.717) is 0 Å². The largest absolute Gasteiger partial charge is 0.372 e. The number of imidazole rings is 1. The Hall–Kier alpha value is -2.49. The first-order valence-corrected chi connectivity index (χ1v) is 7.76. The summed E-state index contributed by atoms with van der Waals surface area (Å²) in [5, 5.41) is 3.40. The van der Waals surface area contributed by atoms with E-state index in [1.807, 2.05) is 25.2 Å². The SMILES string of the molecule is CCN(CC)c1ccc(Nc2nc3ccccc3n2C)cc1. The molecule has 22 heavy (non-hydrogen) atoms. The van der Waals surface area contributed by atoms with E-state index >= 15 is 0 Å². The zero-order chi connectivity index (χ0) is 15.5. The van der Waals surface area contributed by atoms with Crippen molar-refractivity contribution in [3.05, 3.63) is 48.5 Å². The quantitative estimate of drug-likeness (QED) is 0.767. The normalized spacial score (nSPS) is 10.9. The topological polar surface area (TPSA) is 33.1 Å². The van der Waals surface area contributed by atoms with E-state index in [2.05, 4.69) is 63.9 Å². The lowest BCUT2D eigenvalue weighted by Crippen LogP contribution is -2.21. The van der Waals surface area contributed by atoms with Gasteiger partial charge in [0.1, 0.15) is 0 Å². The second-order valence-corrected chi connectivity index (χ2v) is 5.33. The number of aryl methyl sites for hydroxylation is 1. The first kappa shape index (κ1) is 14.4. The molecule has 0 spiro atoms. The molecule has 0 amide bonds. The molecule has 1 N–H and O–H groups in total. The highest BCUT2D eigenvalue weighted by molar-refractivity contribution is 5.79. The fourth-order valence-electron chi connectivity index (χ4n) is 2.73. The smallest absolute Gasteiger partial charge is 0.208 e. The van der Waals surface area contributed by atoms with E-state index in [-0.39, 0.29) is 0 Å². The van der Waals surface area contributed by atoms with Gasteiger partial charge >= 0.3 is 0 Å². The molecule has 0 unspecified atom stereocenters. The van der Waals surface area contributed by atoms with Gasteiger partial charge in [-0.05, 0) is 50.2 Å². The molecule has 3 rings (SSSR count). The fourth-order valence-corrected chi connectivity index (χ4v) is 2.73. The van der Waals surface area contributed by atoms with Crippen LogP contribution in [0, 0.1) is 0 Å². The zero-order valence-electron chi connectivity index (χ0n) is 13.4. The van der Waals surface area contributed by atoms with Crippen LogP contribution in [-0.2, 0) is 7.05 Å². The van der Waals surface area contributed by atoms with Crippen molar-refractivity contribution in [2.45, 2.75) is 13.8 Å². The number of hydrogen-bond donors (Lipinski definition) is 1. The van der Waals surface area contributed by atoms with Gasteiger partial charge in [0.25, 0.3) is 0 Å². The van der Waals surface area contributed by atoms with E-state index < -0.39 is 0 Å². The van der Waals surface area contributed by atoms with Gasteiger partial charge in [-0.3, -0.25) is 0 Å². The third-order valence-corrected chi connectivity index (χ3v) is 4.04. The fraction of sp³-hybridized carbons (Fsp3) is 0.278. The Balaban J connectivity index is 1.84. The highest BCUT2D eigenvalue weighted by Gasteiger charge is 2.07. The van der Waals surface area contributed by atoms with Gasteiger partial charge in [0.15, 0.2) is 0 Å². The summed E-state index contributed by atoms with van der Waals surface area (Å²) in [6, 6.07) is 16.7. The van der Waals surface area contributed by atoms with Gasteiger partial charge in [-0.25, -0.2) is 4.98 Å². The molecule has 0 atom stereocenters. The van der Waals surface area contributed by atoms with Crippen LogP contribution >= 0.6 is 0 Å². The molecule has 0 radical (unpaired) electrons. The number of rotatable bonds is 5. The summed E-state index contributed by atoms with van der Waals surface area (Å²) < 4.78 is 2.08. The second-order valence-electron chi connectivity index (χ2n) is 5.33. The maximum atomic E-state index is 4.64. The van der Waals surface area contributed by atoms with Crippen molar-refractivity contribution < 1.29 is 0 Å². The standard InChI is InChI=1S/C18H22N4/c1-4-22(5-2)15-12-10-14(11-13-15)19-18-20-16-8-6-7-9-17(16)21(18)3/h6-13H,4-5H2,1-3H3,(H,19,20). The van der Waals surface area contributed by atoms with Gasteiger partial charge in [-0.15, -0.1) is 0 Å². The zero-order valence-corrected chi connectivity index (χ0v) is 13.4. The molecule has 2 aromatic carbocycles. The van der Waals surface area contributed by atoms with Gasteiger partial charge in [-0.2, -0.15) is 0 Å². The third kappa shape index (κ3) is 2.64. The molecule has 0 saturated carbocycles. The molecular weight excluding hydrogens is 272 g/mol. The van der Waals surface area contributed by atoms with Crippen molar-refractivity contribution in [2.24, 2.45) is 7.05 Å². The highest BCUT2D eigenvalue weighted by Crippen LogP contribution is 2.23. The highest BCUT2D eigenvalue weighted by atomic mass is 15.2. The Labute approximate surface area is 131 Å². The Morgan fingerprint density at radius 2 is 1.68 bits per heavy atom. The number of anilines is 3. The van der Waals surface area contributed by atoms with Gasteiger partial charge in [0.2, 0.25) is 5.95 Å². The van der Waals surface area contributed by atoms with Crippen LogP contribution in [-0.4, -0.2) is 22.6 Å². The molecule has 0 bridgehead atoms. The summed E-state index contributed by atoms with van der Waals surface area (Å²) in [6.07, 6.45) is 0. The van der Waals surface area contributed by atoms with E-state index in [0.717, 1.165) is 35.8 Å². The molecule has 0 fully saturated rings. The van der Waals surface area contributed by atoms with Crippen LogP contribution in [0.4, 0.5) is 17.3 Å². The number of benzene rings is 2. The van der Waals surface area contributed by atoms with E-state index in [1.54, 1.807) is 0 Å². The van der Waals surface area contributed by atoms with Crippen molar-refractivity contribution in [1.29, 1.82) is 0 Å². The minimum atomic E-state index is 0.858. The molecule has 1 aromatic heterocycles. The molecule has 4 heteroatoms. The van der Waals surface area contributed by atoms with Crippen molar-refractivity contribution in [1.82, 2.24) is 9.55 Å². The first-order chi connectivity index (χ1) is 10.7. The molecule has 1 heterocycles. The summed E-state index contributed by atoms with van der Waals surface area (Å²) in [6.45, 7) is 6.40. The lowest BCUT2D eigenvalue weighted by atomic mass is 10.2. The van der Waals surface area contributed by atoms with E-state index in [4.69, 9.17) is 0 Å². The lowest BCUT2D eigenvalue weighted by Gasteiger charge is -2.21. The van der Waals surface area contributed by atoms with Crippen molar-refractivity contribution in [2.75, 3.05) is 23.3 Å². The monoisotopic (exact) mass is 294 g/mol. The van der Waals surface area contributed by atoms with Crippen LogP contribution in [0.2, 0.25) is 0 Å². The Bertz CT molecular complexity index is 754. The molecule has 0 aliphatic heterocycles. The minimum absolute atomic E-state index is 0.858. The average molecular weight is 294 g/mol. The maximum absolute atomic E-state index is 4.64. The third-order valence-electron chi connectivity index (χ3n) is 4.04. The summed E-state index contributed by atoms with van der Waals surface area (Å²) in [5.41, 5.74) is 4.44. The summed E-state index contributed by atoms with van der Waals surface area (Å²) in [7, 11) is 2.03. The number of nitrogens with zero attached hydrogens (tertiary/aromatic N) is 3. The minimum Gasteiger partial charge on any atom is -0.372 e. The van der Waals surface area contributed by atoms with Crippen molar-refractivity contribution in [3.8, 4) is 0 Å². The Morgan fingerprint density at radius 1 is 1.00 bits per heavy atom. The molecule has 0 saturated heterocycles. The van der Waals surface area contributed by atoms with E-state index in [9.17, 15) is 0 Å². The lowest BCUT2D eigenvalue weighted by molar-refractivity contribution is 0.866. The predicted octanol–water partition coefficient (Wildman–Crippen LogP) is 4.16. The Morgan fingerprint density at radius 3 is 2.32 bits per heavy atom. The van der Waals surface area contributed by atoms with Crippen LogP contribution in [0.1, 0.15) is 13.8 Å². The summed E-state index contributed by atoms with van der Waals surface area (Å²) in [5.74, 6) is 0.858. The van der Waals surface area contributed by atoms with Gasteiger partial charge < -0.3 is 14.8 Å². The molecule has 114 valence electrons. The maximum Gasteiger partial charge on any atom is 0.208 e. The molecular formula is C18H22N4.